The number of piperidine rings is 1. The molecule has 0 spiro atoms. The molecule has 1 aliphatic heterocycles. The number of aromatic nitrogens is 1. The smallest absolute Gasteiger partial charge is 0.0491 e. The Morgan fingerprint density at radius 3 is 3.00 bits per heavy atom. The maximum atomic E-state index is 6.02. The van der Waals surface area contributed by atoms with Gasteiger partial charge in [0.2, 0.25) is 0 Å². The first-order valence-electron chi connectivity index (χ1n) is 6.66. The average Bonchev–Trinajstić information content (AvgIpc) is 2.95. The quantitative estimate of drug-likeness (QED) is 0.863. The monoisotopic (exact) mass is 231 g/mol. The van der Waals surface area contributed by atoms with Crippen LogP contribution in [0.25, 0.3) is 0 Å². The molecular weight excluding hydrogens is 210 g/mol. The second-order valence-corrected chi connectivity index (χ2v) is 5.51. The van der Waals surface area contributed by atoms with Crippen molar-refractivity contribution in [1.29, 1.82) is 0 Å². The molecule has 3 atom stereocenters. The average molecular weight is 231 g/mol. The van der Waals surface area contributed by atoms with Gasteiger partial charge >= 0.3 is 0 Å². The van der Waals surface area contributed by atoms with E-state index < -0.39 is 0 Å². The van der Waals surface area contributed by atoms with Crippen molar-refractivity contribution in [3.63, 3.8) is 0 Å². The fraction of sp³-hybridized carbons (Fsp3) is 0.643. The number of fused-ring (bicyclic) bond motifs is 2. The number of hydrogen-bond donors (Lipinski definition) is 1. The third-order valence-electron chi connectivity index (χ3n) is 4.51. The second kappa shape index (κ2) is 4.39. The maximum Gasteiger partial charge on any atom is 0.0491 e. The van der Waals surface area contributed by atoms with Gasteiger partial charge in [-0.25, -0.2) is 0 Å². The van der Waals surface area contributed by atoms with Crippen LogP contribution in [0.3, 0.4) is 0 Å². The zero-order valence-corrected chi connectivity index (χ0v) is 10.5. The van der Waals surface area contributed by atoms with Crippen LogP contribution in [0.1, 0.15) is 36.4 Å². The van der Waals surface area contributed by atoms with Crippen molar-refractivity contribution in [3.8, 4) is 0 Å². The minimum Gasteiger partial charge on any atom is -0.329 e. The summed E-state index contributed by atoms with van der Waals surface area (Å²) in [7, 11) is 0. The molecule has 1 saturated heterocycles. The first-order valence-corrected chi connectivity index (χ1v) is 6.66. The standard InChI is InChI=1S/C14H21N3/c1-10-4-5-16-8-13(10)14(7-15)17-9-11-2-3-12(17)6-11/h4-5,8,11-12,14H,2-3,6-7,9,15H2,1H3. The highest BCUT2D eigenvalue weighted by Crippen LogP contribution is 2.42. The molecule has 3 rings (SSSR count). The molecule has 2 fully saturated rings. The van der Waals surface area contributed by atoms with Gasteiger partial charge in [-0.2, -0.15) is 0 Å². The largest absolute Gasteiger partial charge is 0.329 e. The minimum atomic E-state index is 0.374. The van der Waals surface area contributed by atoms with Gasteiger partial charge < -0.3 is 5.73 Å². The summed E-state index contributed by atoms with van der Waals surface area (Å²) in [5.41, 5.74) is 8.66. The molecule has 0 radical (unpaired) electrons. The Balaban J connectivity index is 1.87. The first kappa shape index (κ1) is 11.2. The lowest BCUT2D eigenvalue weighted by molar-refractivity contribution is 0.152. The van der Waals surface area contributed by atoms with Gasteiger partial charge in [0.15, 0.2) is 0 Å². The molecule has 1 aliphatic carbocycles. The predicted octanol–water partition coefficient (Wildman–Crippen LogP) is 1.87. The van der Waals surface area contributed by atoms with Crippen molar-refractivity contribution in [2.75, 3.05) is 13.1 Å². The van der Waals surface area contributed by atoms with Gasteiger partial charge in [-0.3, -0.25) is 9.88 Å². The molecule has 2 bridgehead atoms. The molecule has 2 aliphatic rings. The van der Waals surface area contributed by atoms with Crippen molar-refractivity contribution in [2.24, 2.45) is 11.7 Å². The second-order valence-electron chi connectivity index (χ2n) is 5.51. The summed E-state index contributed by atoms with van der Waals surface area (Å²) in [6.07, 6.45) is 8.03. The van der Waals surface area contributed by atoms with Crippen molar-refractivity contribution in [2.45, 2.75) is 38.3 Å². The van der Waals surface area contributed by atoms with Crippen LogP contribution in [0.15, 0.2) is 18.5 Å². The van der Waals surface area contributed by atoms with E-state index in [9.17, 15) is 0 Å². The molecule has 3 heteroatoms. The lowest BCUT2D eigenvalue weighted by Gasteiger charge is -2.35. The van der Waals surface area contributed by atoms with Gasteiger partial charge in [-0.15, -0.1) is 0 Å². The highest BCUT2D eigenvalue weighted by Gasteiger charge is 2.41. The molecule has 3 nitrogen and oxygen atoms in total. The van der Waals surface area contributed by atoms with Gasteiger partial charge in [0.25, 0.3) is 0 Å². The molecule has 3 unspecified atom stereocenters. The van der Waals surface area contributed by atoms with Gasteiger partial charge in [0.1, 0.15) is 0 Å². The zero-order valence-electron chi connectivity index (χ0n) is 10.5. The van der Waals surface area contributed by atoms with Gasteiger partial charge in [-0.05, 0) is 49.3 Å². The fourth-order valence-corrected chi connectivity index (χ4v) is 3.61. The van der Waals surface area contributed by atoms with Crippen LogP contribution in [0, 0.1) is 12.8 Å². The Morgan fingerprint density at radius 2 is 2.41 bits per heavy atom. The molecule has 1 aromatic rings. The summed E-state index contributed by atoms with van der Waals surface area (Å²) in [6.45, 7) is 4.10. The van der Waals surface area contributed by atoms with E-state index in [0.717, 1.165) is 12.0 Å². The third kappa shape index (κ3) is 1.87. The van der Waals surface area contributed by atoms with Crippen LogP contribution in [0.2, 0.25) is 0 Å². The van der Waals surface area contributed by atoms with E-state index in [0.29, 0.717) is 12.6 Å². The maximum absolute atomic E-state index is 6.02. The Morgan fingerprint density at radius 1 is 1.53 bits per heavy atom. The Hall–Kier alpha value is -0.930. The van der Waals surface area contributed by atoms with Crippen molar-refractivity contribution < 1.29 is 0 Å². The predicted molar refractivity (Wildman–Crippen MR) is 68.6 cm³/mol. The van der Waals surface area contributed by atoms with E-state index in [-0.39, 0.29) is 0 Å². The Labute approximate surface area is 103 Å². The summed E-state index contributed by atoms with van der Waals surface area (Å²) < 4.78 is 0. The molecule has 1 saturated carbocycles. The van der Waals surface area contributed by atoms with Crippen LogP contribution in [-0.2, 0) is 0 Å². The number of aryl methyl sites for hydroxylation is 1. The van der Waals surface area contributed by atoms with E-state index in [4.69, 9.17) is 5.73 Å². The summed E-state index contributed by atoms with van der Waals surface area (Å²) in [5, 5.41) is 0. The van der Waals surface area contributed by atoms with Gasteiger partial charge in [-0.1, -0.05) is 0 Å². The number of likely N-dealkylation sites (tertiary alicyclic amines) is 1. The summed E-state index contributed by atoms with van der Waals surface area (Å²) >= 11 is 0. The highest BCUT2D eigenvalue weighted by atomic mass is 15.2. The topological polar surface area (TPSA) is 42.1 Å². The molecule has 2 N–H and O–H groups in total. The number of rotatable bonds is 3. The molecule has 0 aromatic carbocycles. The van der Waals surface area contributed by atoms with Crippen molar-refractivity contribution in [3.05, 3.63) is 29.6 Å². The van der Waals surface area contributed by atoms with E-state index in [1.807, 2.05) is 12.4 Å². The highest BCUT2D eigenvalue weighted by molar-refractivity contribution is 5.26. The molecule has 0 amide bonds. The van der Waals surface area contributed by atoms with Crippen molar-refractivity contribution >= 4 is 0 Å². The number of hydrogen-bond acceptors (Lipinski definition) is 3. The minimum absolute atomic E-state index is 0.374. The third-order valence-corrected chi connectivity index (χ3v) is 4.51. The molecular formula is C14H21N3. The summed E-state index contributed by atoms with van der Waals surface area (Å²) in [5.74, 6) is 0.922. The van der Waals surface area contributed by atoms with E-state index >= 15 is 0 Å². The summed E-state index contributed by atoms with van der Waals surface area (Å²) in [4.78, 5) is 6.89. The summed E-state index contributed by atoms with van der Waals surface area (Å²) in [6, 6.07) is 3.24. The Kier molecular flexibility index (Phi) is 2.89. The SMILES string of the molecule is Cc1ccncc1C(CN)N1CC2CCC1C2. The fourth-order valence-electron chi connectivity index (χ4n) is 3.61. The van der Waals surface area contributed by atoms with Gasteiger partial charge in [0, 0.05) is 37.6 Å². The normalized spacial score (nSPS) is 29.8. The molecule has 92 valence electrons. The van der Waals surface area contributed by atoms with Crippen LogP contribution in [-0.4, -0.2) is 29.0 Å². The first-order chi connectivity index (χ1) is 8.29. The van der Waals surface area contributed by atoms with Crippen LogP contribution < -0.4 is 5.73 Å². The molecule has 17 heavy (non-hydrogen) atoms. The lowest BCUT2D eigenvalue weighted by atomic mass is 10.00. The van der Waals surface area contributed by atoms with Crippen LogP contribution >= 0.6 is 0 Å². The van der Waals surface area contributed by atoms with E-state index in [1.165, 1.54) is 36.9 Å². The van der Waals surface area contributed by atoms with E-state index in [2.05, 4.69) is 22.9 Å². The molecule has 2 heterocycles. The lowest BCUT2D eigenvalue weighted by Crippen LogP contribution is -2.39. The van der Waals surface area contributed by atoms with Gasteiger partial charge in [0.05, 0.1) is 0 Å². The van der Waals surface area contributed by atoms with Crippen LogP contribution in [0.5, 0.6) is 0 Å². The zero-order chi connectivity index (χ0) is 11.8. The van der Waals surface area contributed by atoms with Crippen molar-refractivity contribution in [1.82, 2.24) is 9.88 Å². The Bertz CT molecular complexity index is 404. The molecule has 1 aromatic heterocycles. The number of nitrogens with two attached hydrogens (primary N) is 1. The number of nitrogens with zero attached hydrogens (tertiary/aromatic N) is 2. The van der Waals surface area contributed by atoms with Crippen LogP contribution in [0.4, 0.5) is 0 Å². The number of pyridine rings is 1. The van der Waals surface area contributed by atoms with E-state index in [1.54, 1.807) is 0 Å².